The van der Waals surface area contributed by atoms with Gasteiger partial charge in [-0.05, 0) is 17.7 Å². The van der Waals surface area contributed by atoms with E-state index in [1.54, 1.807) is 13.0 Å². The summed E-state index contributed by atoms with van der Waals surface area (Å²) < 4.78 is 25.6. The van der Waals surface area contributed by atoms with E-state index in [-0.39, 0.29) is 10.5 Å². The molecule has 0 aromatic heterocycles. The largest absolute Gasteiger partial charge is 0.381 e. The number of hydrogen-bond donors (Lipinski definition) is 0. The van der Waals surface area contributed by atoms with E-state index in [4.69, 9.17) is 4.84 Å². The highest BCUT2D eigenvalue weighted by molar-refractivity contribution is 7.90. The maximum atomic E-state index is 12.9. The van der Waals surface area contributed by atoms with Crippen LogP contribution in [0.5, 0.6) is 0 Å². The first kappa shape index (κ1) is 16.5. The number of benzene rings is 2. The molecule has 26 heavy (non-hydrogen) atoms. The van der Waals surface area contributed by atoms with Crippen molar-refractivity contribution in [3.8, 4) is 0 Å². The fourth-order valence-electron chi connectivity index (χ4n) is 3.13. The first-order chi connectivity index (χ1) is 12.4. The van der Waals surface area contributed by atoms with Gasteiger partial charge in [-0.3, -0.25) is 9.59 Å². The van der Waals surface area contributed by atoms with E-state index in [0.717, 1.165) is 5.56 Å². The topological polar surface area (TPSA) is 93.1 Å². The molecule has 0 radical (unpaired) electrons. The van der Waals surface area contributed by atoms with Crippen LogP contribution in [-0.2, 0) is 19.7 Å². The predicted octanol–water partition coefficient (Wildman–Crippen LogP) is 1.80. The van der Waals surface area contributed by atoms with E-state index >= 15 is 0 Å². The van der Waals surface area contributed by atoms with Crippen molar-refractivity contribution >= 4 is 27.5 Å². The zero-order valence-electron chi connectivity index (χ0n) is 13.7. The Kier molecular flexibility index (Phi) is 3.66. The lowest BCUT2D eigenvalue weighted by Gasteiger charge is -2.19. The van der Waals surface area contributed by atoms with E-state index in [9.17, 15) is 18.0 Å². The van der Waals surface area contributed by atoms with E-state index in [1.807, 2.05) is 30.3 Å². The molecule has 4 rings (SSSR count). The number of nitrogens with zero attached hydrogens (tertiary/aromatic N) is 2. The van der Waals surface area contributed by atoms with Gasteiger partial charge in [0.05, 0.1) is 17.2 Å². The number of sulfonamides is 1. The lowest BCUT2D eigenvalue weighted by atomic mass is 9.94. The van der Waals surface area contributed by atoms with Gasteiger partial charge in [-0.15, -0.1) is 0 Å². The Morgan fingerprint density at radius 3 is 2.42 bits per heavy atom. The SMILES string of the molecule is CC1C(c2ccccc2)=NOC1C(=O)N1C(=O)c2ccccc2S1(=O)=O. The van der Waals surface area contributed by atoms with Gasteiger partial charge >= 0.3 is 0 Å². The van der Waals surface area contributed by atoms with Crippen LogP contribution in [-0.4, -0.2) is 36.4 Å². The number of oxime groups is 1. The van der Waals surface area contributed by atoms with Crippen molar-refractivity contribution in [3.05, 3.63) is 65.7 Å². The normalized spacial score (nSPS) is 23.3. The van der Waals surface area contributed by atoms with Crippen LogP contribution >= 0.6 is 0 Å². The molecule has 2 amide bonds. The van der Waals surface area contributed by atoms with Crippen LogP contribution in [0.4, 0.5) is 0 Å². The molecule has 0 saturated carbocycles. The van der Waals surface area contributed by atoms with Crippen molar-refractivity contribution in [1.82, 2.24) is 4.31 Å². The Bertz CT molecular complexity index is 1050. The van der Waals surface area contributed by atoms with Crippen molar-refractivity contribution in [2.45, 2.75) is 17.9 Å². The van der Waals surface area contributed by atoms with Gasteiger partial charge in [-0.25, -0.2) is 8.42 Å². The smallest absolute Gasteiger partial charge is 0.288 e. The van der Waals surface area contributed by atoms with E-state index in [2.05, 4.69) is 5.16 Å². The Balaban J connectivity index is 1.65. The van der Waals surface area contributed by atoms with Gasteiger partial charge in [-0.1, -0.05) is 54.5 Å². The van der Waals surface area contributed by atoms with Crippen LogP contribution in [0.1, 0.15) is 22.8 Å². The molecule has 2 atom stereocenters. The Morgan fingerprint density at radius 1 is 1.08 bits per heavy atom. The third-order valence-electron chi connectivity index (χ3n) is 4.48. The number of carbonyl (C=O) groups excluding carboxylic acids is 2. The molecule has 0 aliphatic carbocycles. The zero-order chi connectivity index (χ0) is 18.5. The van der Waals surface area contributed by atoms with Crippen molar-refractivity contribution in [2.75, 3.05) is 0 Å². The maximum Gasteiger partial charge on any atom is 0.288 e. The Labute approximate surface area is 149 Å². The third kappa shape index (κ3) is 2.26. The molecule has 0 spiro atoms. The van der Waals surface area contributed by atoms with Gasteiger partial charge in [0.25, 0.3) is 21.8 Å². The van der Waals surface area contributed by atoms with Gasteiger partial charge in [-0.2, -0.15) is 4.31 Å². The van der Waals surface area contributed by atoms with Gasteiger partial charge in [0.2, 0.25) is 6.10 Å². The lowest BCUT2D eigenvalue weighted by Crippen LogP contribution is -2.45. The molecular weight excluding hydrogens is 356 g/mol. The Morgan fingerprint density at radius 2 is 1.73 bits per heavy atom. The quantitative estimate of drug-likeness (QED) is 0.752. The van der Waals surface area contributed by atoms with Crippen molar-refractivity contribution in [1.29, 1.82) is 0 Å². The number of carbonyl (C=O) groups is 2. The van der Waals surface area contributed by atoms with Crippen molar-refractivity contribution in [3.63, 3.8) is 0 Å². The molecule has 0 bridgehead atoms. The second kappa shape index (κ2) is 5.77. The fraction of sp³-hybridized carbons (Fsp3) is 0.167. The average molecular weight is 370 g/mol. The Hall–Kier alpha value is -3.00. The fourth-order valence-corrected chi connectivity index (χ4v) is 4.67. The molecule has 7 nitrogen and oxygen atoms in total. The lowest BCUT2D eigenvalue weighted by molar-refractivity contribution is -0.136. The number of imide groups is 1. The molecule has 2 aromatic rings. The summed E-state index contributed by atoms with van der Waals surface area (Å²) in [4.78, 5) is 30.4. The average Bonchev–Trinajstić information content (AvgIpc) is 3.12. The maximum absolute atomic E-state index is 12.9. The van der Waals surface area contributed by atoms with E-state index in [1.165, 1.54) is 18.2 Å². The standard InChI is InChI=1S/C18H14N2O5S/c1-11-15(12-7-3-2-4-8-12)19-25-16(11)18(22)20-17(21)13-9-5-6-10-14(13)26(20,23)24/h2-11,16H,1H3. The minimum atomic E-state index is -4.23. The molecule has 0 fully saturated rings. The first-order valence-electron chi connectivity index (χ1n) is 7.94. The van der Waals surface area contributed by atoms with Crippen molar-refractivity contribution < 1.29 is 22.8 Å². The molecule has 2 heterocycles. The molecule has 8 heteroatoms. The molecule has 2 aliphatic rings. The second-order valence-electron chi connectivity index (χ2n) is 6.07. The summed E-state index contributed by atoms with van der Waals surface area (Å²) in [7, 11) is -4.23. The predicted molar refractivity (Wildman–Crippen MR) is 91.8 cm³/mol. The summed E-state index contributed by atoms with van der Waals surface area (Å²) in [5, 5.41) is 3.95. The zero-order valence-corrected chi connectivity index (χ0v) is 14.5. The van der Waals surface area contributed by atoms with Crippen LogP contribution in [0.2, 0.25) is 0 Å². The minimum Gasteiger partial charge on any atom is -0.381 e. The minimum absolute atomic E-state index is 0.0179. The van der Waals surface area contributed by atoms with Gasteiger partial charge in [0.1, 0.15) is 4.90 Å². The summed E-state index contributed by atoms with van der Waals surface area (Å²) in [5.74, 6) is -2.31. The second-order valence-corrected chi connectivity index (χ2v) is 7.82. The van der Waals surface area contributed by atoms with Crippen LogP contribution < -0.4 is 0 Å². The molecular formula is C18H14N2O5S. The van der Waals surface area contributed by atoms with Crippen LogP contribution in [0.3, 0.4) is 0 Å². The van der Waals surface area contributed by atoms with Crippen LogP contribution in [0.15, 0.2) is 64.6 Å². The molecule has 132 valence electrons. The third-order valence-corrected chi connectivity index (χ3v) is 6.22. The highest BCUT2D eigenvalue weighted by Gasteiger charge is 2.50. The number of hydrogen-bond acceptors (Lipinski definition) is 6. The van der Waals surface area contributed by atoms with Crippen LogP contribution in [0.25, 0.3) is 0 Å². The summed E-state index contributed by atoms with van der Waals surface area (Å²) in [6.45, 7) is 1.71. The number of amides is 2. The highest BCUT2D eigenvalue weighted by Crippen LogP contribution is 2.33. The summed E-state index contributed by atoms with van der Waals surface area (Å²) in [6, 6.07) is 14.9. The molecule has 2 aliphatic heterocycles. The summed E-state index contributed by atoms with van der Waals surface area (Å²) >= 11 is 0. The van der Waals surface area contributed by atoms with Gasteiger partial charge in [0.15, 0.2) is 0 Å². The highest BCUT2D eigenvalue weighted by atomic mass is 32.2. The molecule has 2 unspecified atom stereocenters. The van der Waals surface area contributed by atoms with Crippen molar-refractivity contribution in [2.24, 2.45) is 11.1 Å². The molecule has 2 aromatic carbocycles. The van der Waals surface area contributed by atoms with Gasteiger partial charge < -0.3 is 4.84 Å². The van der Waals surface area contributed by atoms with Gasteiger partial charge in [0, 0.05) is 0 Å². The first-order valence-corrected chi connectivity index (χ1v) is 9.38. The van der Waals surface area contributed by atoms with E-state index in [0.29, 0.717) is 10.0 Å². The number of fused-ring (bicyclic) bond motifs is 1. The summed E-state index contributed by atoms with van der Waals surface area (Å²) in [5.41, 5.74) is 1.29. The monoisotopic (exact) mass is 370 g/mol. The van der Waals surface area contributed by atoms with Crippen LogP contribution in [0, 0.1) is 5.92 Å². The number of rotatable bonds is 2. The molecule has 0 N–H and O–H groups in total. The molecule has 0 saturated heterocycles. The summed E-state index contributed by atoms with van der Waals surface area (Å²) in [6.07, 6.45) is -1.18. The van der Waals surface area contributed by atoms with E-state index < -0.39 is 33.9 Å².